The summed E-state index contributed by atoms with van der Waals surface area (Å²) in [4.78, 5) is 35.4. The molecule has 2 aromatic heterocycles. The van der Waals surface area contributed by atoms with Gasteiger partial charge in [-0.1, -0.05) is 0 Å². The molecular weight excluding hydrogens is 348 g/mol. The SMILES string of the molecule is O=[N+]([O-])c1ccc2nc(Sc3nc4ccc([N+](=O)[O-])cc4[nH]3)[nH]c2c1. The summed E-state index contributed by atoms with van der Waals surface area (Å²) in [6, 6.07) is 8.73. The molecule has 0 aliphatic heterocycles. The van der Waals surface area contributed by atoms with Crippen LogP contribution in [0.1, 0.15) is 0 Å². The van der Waals surface area contributed by atoms with Gasteiger partial charge in [0.2, 0.25) is 0 Å². The van der Waals surface area contributed by atoms with Crippen LogP contribution in [0.5, 0.6) is 0 Å². The van der Waals surface area contributed by atoms with Crippen LogP contribution in [0.25, 0.3) is 22.1 Å². The van der Waals surface area contributed by atoms with Gasteiger partial charge < -0.3 is 9.97 Å². The number of imidazole rings is 2. The molecule has 10 nitrogen and oxygen atoms in total. The normalized spacial score (nSPS) is 11.2. The number of benzene rings is 2. The molecule has 2 N–H and O–H groups in total. The van der Waals surface area contributed by atoms with Crippen LogP contribution in [0.3, 0.4) is 0 Å². The molecule has 0 unspecified atom stereocenters. The molecule has 25 heavy (non-hydrogen) atoms. The van der Waals surface area contributed by atoms with Crippen molar-refractivity contribution in [2.45, 2.75) is 10.3 Å². The van der Waals surface area contributed by atoms with Gasteiger partial charge in [0.1, 0.15) is 0 Å². The van der Waals surface area contributed by atoms with Gasteiger partial charge in [0.25, 0.3) is 11.4 Å². The largest absolute Gasteiger partial charge is 0.332 e. The molecule has 0 amide bonds. The summed E-state index contributed by atoms with van der Waals surface area (Å²) in [5, 5.41) is 22.6. The first-order valence-corrected chi connectivity index (χ1v) is 7.77. The number of nitro benzene ring substituents is 2. The van der Waals surface area contributed by atoms with Crippen molar-refractivity contribution < 1.29 is 9.85 Å². The molecule has 0 aliphatic rings. The number of non-ortho nitro benzene ring substituents is 2. The van der Waals surface area contributed by atoms with E-state index >= 15 is 0 Å². The minimum absolute atomic E-state index is 0.0243. The molecule has 0 saturated heterocycles. The summed E-state index contributed by atoms with van der Waals surface area (Å²) in [5.41, 5.74) is 2.24. The maximum Gasteiger partial charge on any atom is 0.271 e. The van der Waals surface area contributed by atoms with Gasteiger partial charge in [-0.3, -0.25) is 20.2 Å². The predicted octanol–water partition coefficient (Wildman–Crippen LogP) is 3.41. The van der Waals surface area contributed by atoms with Crippen LogP contribution in [-0.4, -0.2) is 29.8 Å². The van der Waals surface area contributed by atoms with Gasteiger partial charge in [-0.2, -0.15) is 0 Å². The highest BCUT2D eigenvalue weighted by atomic mass is 32.2. The van der Waals surface area contributed by atoms with Gasteiger partial charge in [0.15, 0.2) is 10.3 Å². The Morgan fingerprint density at radius 1 is 0.800 bits per heavy atom. The Morgan fingerprint density at radius 3 is 1.64 bits per heavy atom. The first kappa shape index (κ1) is 15.1. The van der Waals surface area contributed by atoms with E-state index in [0.29, 0.717) is 32.4 Å². The Hall–Kier alpha value is -3.47. The van der Waals surface area contributed by atoms with Crippen LogP contribution in [0.2, 0.25) is 0 Å². The minimum Gasteiger partial charge on any atom is -0.332 e. The first-order valence-electron chi connectivity index (χ1n) is 6.96. The second-order valence-electron chi connectivity index (χ2n) is 5.10. The number of hydrogen-bond acceptors (Lipinski definition) is 7. The smallest absolute Gasteiger partial charge is 0.271 e. The van der Waals surface area contributed by atoms with Crippen molar-refractivity contribution in [2.24, 2.45) is 0 Å². The van der Waals surface area contributed by atoms with Gasteiger partial charge in [0, 0.05) is 24.3 Å². The van der Waals surface area contributed by atoms with Crippen LogP contribution in [-0.2, 0) is 0 Å². The van der Waals surface area contributed by atoms with Gasteiger partial charge in [-0.05, 0) is 23.9 Å². The maximum atomic E-state index is 10.8. The first-order chi connectivity index (χ1) is 12.0. The van der Waals surface area contributed by atoms with Crippen LogP contribution in [0, 0.1) is 20.2 Å². The molecule has 4 aromatic rings. The third-order valence-corrected chi connectivity index (χ3v) is 4.28. The van der Waals surface area contributed by atoms with Crippen LogP contribution < -0.4 is 0 Å². The average Bonchev–Trinajstić information content (AvgIpc) is 3.15. The molecule has 0 fully saturated rings. The van der Waals surface area contributed by atoms with Crippen molar-refractivity contribution in [3.05, 3.63) is 56.6 Å². The molecule has 124 valence electrons. The zero-order valence-corrected chi connectivity index (χ0v) is 13.1. The third-order valence-electron chi connectivity index (χ3n) is 3.50. The minimum atomic E-state index is -0.473. The summed E-state index contributed by atoms with van der Waals surface area (Å²) in [6.07, 6.45) is 0. The molecule has 0 bridgehead atoms. The van der Waals surface area contributed by atoms with Crippen LogP contribution in [0.15, 0.2) is 46.7 Å². The van der Waals surface area contributed by atoms with Gasteiger partial charge in [0.05, 0.1) is 31.9 Å². The van der Waals surface area contributed by atoms with Crippen LogP contribution in [0.4, 0.5) is 11.4 Å². The Balaban J connectivity index is 1.67. The zero-order valence-electron chi connectivity index (χ0n) is 12.3. The fourth-order valence-corrected chi connectivity index (χ4v) is 3.16. The third kappa shape index (κ3) is 2.76. The van der Waals surface area contributed by atoms with Crippen molar-refractivity contribution in [3.8, 4) is 0 Å². The van der Waals surface area contributed by atoms with E-state index in [9.17, 15) is 20.2 Å². The van der Waals surface area contributed by atoms with Crippen molar-refractivity contribution >= 4 is 45.2 Å². The Bertz CT molecular complexity index is 1060. The zero-order chi connectivity index (χ0) is 17.6. The number of H-pyrrole nitrogens is 2. The number of nitrogens with zero attached hydrogens (tertiary/aromatic N) is 4. The average molecular weight is 356 g/mol. The monoisotopic (exact) mass is 356 g/mol. The molecule has 2 aromatic carbocycles. The van der Waals surface area contributed by atoms with Crippen molar-refractivity contribution in [1.82, 2.24) is 19.9 Å². The van der Waals surface area contributed by atoms with Gasteiger partial charge in [-0.15, -0.1) is 0 Å². The Kier molecular flexibility index (Phi) is 3.35. The lowest BCUT2D eigenvalue weighted by Gasteiger charge is -1.90. The number of fused-ring (bicyclic) bond motifs is 2. The number of nitrogens with one attached hydrogen (secondary N) is 2. The van der Waals surface area contributed by atoms with E-state index in [4.69, 9.17) is 0 Å². The van der Waals surface area contributed by atoms with E-state index in [-0.39, 0.29) is 11.4 Å². The Labute approximate surface area is 142 Å². The quantitative estimate of drug-likeness (QED) is 0.421. The lowest BCUT2D eigenvalue weighted by Crippen LogP contribution is -1.86. The number of nitro groups is 2. The fourth-order valence-electron chi connectivity index (χ4n) is 2.36. The molecule has 4 rings (SSSR count). The summed E-state index contributed by atoms with van der Waals surface area (Å²) < 4.78 is 0. The van der Waals surface area contributed by atoms with Gasteiger partial charge >= 0.3 is 0 Å². The van der Waals surface area contributed by atoms with E-state index in [1.54, 1.807) is 12.1 Å². The number of rotatable bonds is 4. The predicted molar refractivity (Wildman–Crippen MR) is 89.6 cm³/mol. The highest BCUT2D eigenvalue weighted by Gasteiger charge is 2.13. The van der Waals surface area contributed by atoms with E-state index in [1.807, 2.05) is 0 Å². The van der Waals surface area contributed by atoms with Crippen molar-refractivity contribution in [3.63, 3.8) is 0 Å². The second-order valence-corrected chi connectivity index (χ2v) is 6.08. The maximum absolute atomic E-state index is 10.8. The lowest BCUT2D eigenvalue weighted by molar-refractivity contribution is -0.384. The molecular formula is C14H8N6O4S. The molecule has 0 aliphatic carbocycles. The highest BCUT2D eigenvalue weighted by molar-refractivity contribution is 7.99. The number of hydrogen-bond donors (Lipinski definition) is 2. The molecule has 0 radical (unpaired) electrons. The summed E-state index contributed by atoms with van der Waals surface area (Å²) in [6.45, 7) is 0. The molecule has 0 saturated carbocycles. The summed E-state index contributed by atoms with van der Waals surface area (Å²) in [7, 11) is 0. The van der Waals surface area contributed by atoms with E-state index < -0.39 is 9.85 Å². The highest BCUT2D eigenvalue weighted by Crippen LogP contribution is 2.29. The topological polar surface area (TPSA) is 144 Å². The molecule has 2 heterocycles. The van der Waals surface area contributed by atoms with E-state index in [0.717, 1.165) is 0 Å². The fraction of sp³-hybridized carbons (Fsp3) is 0. The van der Waals surface area contributed by atoms with Crippen molar-refractivity contribution in [1.29, 1.82) is 0 Å². The molecule has 11 heteroatoms. The standard InChI is InChI=1S/C14H8N6O4S/c21-19(22)7-1-3-9-11(5-7)17-13(15-9)25-14-16-10-4-2-8(20(23)24)6-12(10)18-14/h1-6H,(H,15,17)(H,16,18). The lowest BCUT2D eigenvalue weighted by atomic mass is 10.3. The number of aromatic nitrogens is 4. The van der Waals surface area contributed by atoms with Crippen molar-refractivity contribution in [2.75, 3.05) is 0 Å². The Morgan fingerprint density at radius 2 is 1.24 bits per heavy atom. The van der Waals surface area contributed by atoms with E-state index in [2.05, 4.69) is 19.9 Å². The summed E-state index contributed by atoms with van der Waals surface area (Å²) in [5.74, 6) is 0. The van der Waals surface area contributed by atoms with E-state index in [1.165, 1.54) is 36.0 Å². The molecule has 0 atom stereocenters. The molecule has 0 spiro atoms. The number of aromatic amines is 2. The summed E-state index contributed by atoms with van der Waals surface area (Å²) >= 11 is 1.19. The van der Waals surface area contributed by atoms with Crippen LogP contribution >= 0.6 is 11.8 Å². The van der Waals surface area contributed by atoms with Gasteiger partial charge in [-0.25, -0.2) is 9.97 Å². The second kappa shape index (κ2) is 5.56.